The highest BCUT2D eigenvalue weighted by molar-refractivity contribution is 6.30. The summed E-state index contributed by atoms with van der Waals surface area (Å²) in [6.07, 6.45) is -0.174. The molecule has 0 unspecified atom stereocenters. The first-order valence-electron chi connectivity index (χ1n) is 11.9. The number of halogens is 1. The van der Waals surface area contributed by atoms with Gasteiger partial charge in [-0.25, -0.2) is 9.59 Å². The lowest BCUT2D eigenvalue weighted by molar-refractivity contribution is 0.00592. The van der Waals surface area contributed by atoms with Gasteiger partial charge in [0.15, 0.2) is 0 Å². The molecule has 1 N–H and O–H groups in total. The minimum Gasteiger partial charge on any atom is -0.465 e. The molecule has 188 valence electrons. The highest BCUT2D eigenvalue weighted by Crippen LogP contribution is 2.24. The molecule has 1 aliphatic heterocycles. The van der Waals surface area contributed by atoms with E-state index >= 15 is 0 Å². The van der Waals surface area contributed by atoms with Gasteiger partial charge in [-0.15, -0.1) is 0 Å². The summed E-state index contributed by atoms with van der Waals surface area (Å²) in [5.41, 5.74) is 3.30. The van der Waals surface area contributed by atoms with Gasteiger partial charge in [0, 0.05) is 43.4 Å². The Morgan fingerprint density at radius 1 is 0.917 bits per heavy atom. The Bertz CT molecular complexity index is 1130. The highest BCUT2D eigenvalue weighted by Gasteiger charge is 2.24. The number of carbonyl (C=O) groups is 2. The molecule has 1 atom stereocenters. The second-order valence-electron chi connectivity index (χ2n) is 8.62. The van der Waals surface area contributed by atoms with Crippen LogP contribution >= 0.6 is 11.6 Å². The van der Waals surface area contributed by atoms with Crippen molar-refractivity contribution >= 4 is 29.3 Å². The van der Waals surface area contributed by atoms with E-state index in [-0.39, 0.29) is 18.1 Å². The number of piperazine rings is 1. The molecular formula is C28H30ClN3O4. The molecule has 0 saturated carbocycles. The number of rotatable bonds is 8. The molecule has 1 saturated heterocycles. The SMILES string of the molecule is COC(=O)c1ccc(CO[C@@H](CN2CCN(C(=O)Nc3ccccc3)CC2)c2ccc(Cl)cc2)cc1. The number of methoxy groups -OCH3 is 1. The van der Waals surface area contributed by atoms with E-state index in [1.807, 2.05) is 71.6 Å². The van der Waals surface area contributed by atoms with Gasteiger partial charge >= 0.3 is 12.0 Å². The van der Waals surface area contributed by atoms with Gasteiger partial charge in [0.2, 0.25) is 0 Å². The topological polar surface area (TPSA) is 71.1 Å². The lowest BCUT2D eigenvalue weighted by Gasteiger charge is -2.36. The molecule has 0 bridgehead atoms. The summed E-state index contributed by atoms with van der Waals surface area (Å²) in [5.74, 6) is -0.363. The molecule has 0 aromatic heterocycles. The number of amides is 2. The summed E-state index contributed by atoms with van der Waals surface area (Å²) in [5, 5.41) is 3.63. The number of benzene rings is 3. The Hall–Kier alpha value is -3.39. The highest BCUT2D eigenvalue weighted by atomic mass is 35.5. The summed E-state index contributed by atoms with van der Waals surface area (Å²) in [7, 11) is 1.37. The van der Waals surface area contributed by atoms with Crippen molar-refractivity contribution in [3.63, 3.8) is 0 Å². The molecule has 8 heteroatoms. The van der Waals surface area contributed by atoms with Crippen molar-refractivity contribution in [2.75, 3.05) is 45.2 Å². The van der Waals surface area contributed by atoms with E-state index in [4.69, 9.17) is 21.1 Å². The number of nitrogens with zero attached hydrogens (tertiary/aromatic N) is 2. The van der Waals surface area contributed by atoms with Crippen molar-refractivity contribution in [1.29, 1.82) is 0 Å². The van der Waals surface area contributed by atoms with Gasteiger partial charge in [0.1, 0.15) is 0 Å². The fourth-order valence-electron chi connectivity index (χ4n) is 4.08. The summed E-state index contributed by atoms with van der Waals surface area (Å²) in [6, 6.07) is 24.3. The number of ether oxygens (including phenoxy) is 2. The number of carbonyl (C=O) groups excluding carboxylic acids is 2. The lowest BCUT2D eigenvalue weighted by atomic mass is 10.1. The van der Waals surface area contributed by atoms with Gasteiger partial charge in [-0.05, 0) is 47.5 Å². The second-order valence-corrected chi connectivity index (χ2v) is 9.06. The van der Waals surface area contributed by atoms with Gasteiger partial charge in [0.05, 0.1) is 25.4 Å². The first-order valence-corrected chi connectivity index (χ1v) is 12.3. The molecule has 4 rings (SSSR count). The predicted octanol–water partition coefficient (Wildman–Crippen LogP) is 5.23. The molecule has 0 radical (unpaired) electrons. The molecule has 7 nitrogen and oxygen atoms in total. The molecule has 3 aromatic carbocycles. The Balaban J connectivity index is 1.35. The van der Waals surface area contributed by atoms with Gasteiger partial charge in [-0.1, -0.05) is 54.1 Å². The third-order valence-corrected chi connectivity index (χ3v) is 6.43. The molecule has 1 heterocycles. The van der Waals surface area contributed by atoms with E-state index in [9.17, 15) is 9.59 Å². The van der Waals surface area contributed by atoms with Crippen molar-refractivity contribution in [3.05, 3.63) is 101 Å². The van der Waals surface area contributed by atoms with E-state index in [0.29, 0.717) is 36.8 Å². The fourth-order valence-corrected chi connectivity index (χ4v) is 4.20. The van der Waals surface area contributed by atoms with Gasteiger partial charge in [-0.2, -0.15) is 0 Å². The number of hydrogen-bond donors (Lipinski definition) is 1. The largest absolute Gasteiger partial charge is 0.465 e. The smallest absolute Gasteiger partial charge is 0.337 e. The Morgan fingerprint density at radius 2 is 1.58 bits per heavy atom. The van der Waals surface area contributed by atoms with E-state index in [0.717, 1.165) is 29.9 Å². The summed E-state index contributed by atoms with van der Waals surface area (Å²) < 4.78 is 11.1. The molecular weight excluding hydrogens is 478 g/mol. The average molecular weight is 508 g/mol. The third kappa shape index (κ3) is 7.07. The van der Waals surface area contributed by atoms with Gasteiger partial charge in [0.25, 0.3) is 0 Å². The van der Waals surface area contributed by atoms with Crippen LogP contribution in [0.5, 0.6) is 0 Å². The average Bonchev–Trinajstić information content (AvgIpc) is 2.92. The zero-order valence-electron chi connectivity index (χ0n) is 20.2. The number of esters is 1. The Kier molecular flexibility index (Phi) is 8.95. The first kappa shape index (κ1) is 25.7. The maximum atomic E-state index is 12.6. The number of para-hydroxylation sites is 1. The van der Waals surface area contributed by atoms with Crippen LogP contribution in [0.3, 0.4) is 0 Å². The minimum atomic E-state index is -0.363. The Morgan fingerprint density at radius 3 is 2.22 bits per heavy atom. The number of anilines is 1. The molecule has 0 aliphatic carbocycles. The summed E-state index contributed by atoms with van der Waals surface area (Å²) in [4.78, 5) is 28.5. The molecule has 1 fully saturated rings. The van der Waals surface area contributed by atoms with Crippen molar-refractivity contribution < 1.29 is 19.1 Å². The van der Waals surface area contributed by atoms with Crippen molar-refractivity contribution in [3.8, 4) is 0 Å². The van der Waals surface area contributed by atoms with Crippen LogP contribution in [0.25, 0.3) is 0 Å². The molecule has 1 aliphatic rings. The predicted molar refractivity (Wildman–Crippen MR) is 140 cm³/mol. The van der Waals surface area contributed by atoms with Gasteiger partial charge < -0.3 is 19.7 Å². The van der Waals surface area contributed by atoms with E-state index in [1.165, 1.54) is 7.11 Å². The standard InChI is InChI=1S/C28H30ClN3O4/c1-35-27(33)23-9-7-21(8-10-23)20-36-26(22-11-13-24(29)14-12-22)19-31-15-17-32(18-16-31)28(34)30-25-5-3-2-4-6-25/h2-14,26H,15-20H2,1H3,(H,30,34)/t26-/m0/s1. The molecule has 0 spiro atoms. The van der Waals surface area contributed by atoms with Crippen LogP contribution in [0.2, 0.25) is 5.02 Å². The quantitative estimate of drug-likeness (QED) is 0.422. The lowest BCUT2D eigenvalue weighted by Crippen LogP contribution is -2.50. The van der Waals surface area contributed by atoms with E-state index in [2.05, 4.69) is 10.2 Å². The van der Waals surface area contributed by atoms with Crippen molar-refractivity contribution in [1.82, 2.24) is 9.80 Å². The van der Waals surface area contributed by atoms with Crippen LogP contribution in [0.15, 0.2) is 78.9 Å². The number of hydrogen-bond acceptors (Lipinski definition) is 5. The van der Waals surface area contributed by atoms with Crippen molar-refractivity contribution in [2.24, 2.45) is 0 Å². The molecule has 2 amide bonds. The van der Waals surface area contributed by atoms with Crippen LogP contribution in [-0.4, -0.2) is 61.6 Å². The van der Waals surface area contributed by atoms with Crippen LogP contribution in [0.4, 0.5) is 10.5 Å². The molecule has 36 heavy (non-hydrogen) atoms. The van der Waals surface area contributed by atoms with Crippen LogP contribution in [0, 0.1) is 0 Å². The normalized spacial score (nSPS) is 14.8. The van der Waals surface area contributed by atoms with Crippen molar-refractivity contribution in [2.45, 2.75) is 12.7 Å². The second kappa shape index (κ2) is 12.5. The van der Waals surface area contributed by atoms with Crippen LogP contribution < -0.4 is 5.32 Å². The monoisotopic (exact) mass is 507 g/mol. The first-order chi connectivity index (χ1) is 17.5. The third-order valence-electron chi connectivity index (χ3n) is 6.18. The zero-order chi connectivity index (χ0) is 25.3. The van der Waals surface area contributed by atoms with E-state index in [1.54, 1.807) is 12.1 Å². The van der Waals surface area contributed by atoms with Crippen LogP contribution in [-0.2, 0) is 16.1 Å². The van der Waals surface area contributed by atoms with Crippen LogP contribution in [0.1, 0.15) is 27.6 Å². The van der Waals surface area contributed by atoms with E-state index < -0.39 is 0 Å². The number of nitrogens with one attached hydrogen (secondary N) is 1. The van der Waals surface area contributed by atoms with Gasteiger partial charge in [-0.3, -0.25) is 4.90 Å². The summed E-state index contributed by atoms with van der Waals surface area (Å²) >= 11 is 6.10. The summed E-state index contributed by atoms with van der Waals surface area (Å²) in [6.45, 7) is 3.87. The fraction of sp³-hybridized carbons (Fsp3) is 0.286. The molecule has 3 aromatic rings. The minimum absolute atomic E-state index is 0.0817. The number of urea groups is 1. The Labute approximate surface area is 216 Å². The maximum Gasteiger partial charge on any atom is 0.337 e. The maximum absolute atomic E-state index is 12.6. The zero-order valence-corrected chi connectivity index (χ0v) is 21.0.